The molecule has 0 aliphatic heterocycles. The van der Waals surface area contributed by atoms with Gasteiger partial charge in [-0.2, -0.15) is 4.98 Å². The molecule has 2 aromatic rings. The van der Waals surface area contributed by atoms with Crippen molar-refractivity contribution in [3.8, 4) is 0 Å². The number of aliphatic carboxylic acids is 1. The Labute approximate surface area is 133 Å². The molecule has 0 spiro atoms. The van der Waals surface area contributed by atoms with Crippen LogP contribution in [0.15, 0.2) is 12.3 Å². The summed E-state index contributed by atoms with van der Waals surface area (Å²) in [6.45, 7) is 7.87. The van der Waals surface area contributed by atoms with Crippen molar-refractivity contribution in [3.05, 3.63) is 23.8 Å². The minimum Gasteiger partial charge on any atom is -0.480 e. The van der Waals surface area contributed by atoms with Gasteiger partial charge in [0.15, 0.2) is 0 Å². The number of amides is 1. The predicted octanol–water partition coefficient (Wildman–Crippen LogP) is 1.44. The van der Waals surface area contributed by atoms with Crippen LogP contribution in [0.5, 0.6) is 0 Å². The molecule has 2 rings (SSSR count). The molecule has 8 heteroatoms. The number of carbonyl (C=O) groups excluding carboxylic acids is 1. The van der Waals surface area contributed by atoms with Crippen LogP contribution in [0.2, 0.25) is 0 Å². The largest absolute Gasteiger partial charge is 0.480 e. The Kier molecular flexibility index (Phi) is 4.63. The van der Waals surface area contributed by atoms with Gasteiger partial charge in [-0.1, -0.05) is 20.8 Å². The first-order valence-electron chi connectivity index (χ1n) is 7.39. The molecule has 0 saturated heterocycles. The number of rotatable bonds is 5. The first-order valence-corrected chi connectivity index (χ1v) is 7.39. The number of fused-ring (bicyclic) bond motifs is 1. The van der Waals surface area contributed by atoms with E-state index in [4.69, 9.17) is 0 Å². The van der Waals surface area contributed by atoms with Crippen molar-refractivity contribution in [1.29, 1.82) is 0 Å². The Morgan fingerprint density at radius 3 is 2.65 bits per heavy atom. The molecule has 124 valence electrons. The van der Waals surface area contributed by atoms with Gasteiger partial charge in [-0.3, -0.25) is 4.79 Å². The highest BCUT2D eigenvalue weighted by Gasteiger charge is 2.25. The number of hydrogen-bond donors (Lipinski definition) is 2. The molecule has 0 aromatic carbocycles. The Morgan fingerprint density at radius 1 is 1.39 bits per heavy atom. The number of carboxylic acid groups (broad SMARTS) is 1. The maximum atomic E-state index is 12.2. The molecular weight excluding hydrogens is 298 g/mol. The van der Waals surface area contributed by atoms with E-state index in [9.17, 15) is 14.7 Å². The van der Waals surface area contributed by atoms with E-state index in [0.717, 1.165) is 5.69 Å². The van der Waals surface area contributed by atoms with E-state index in [2.05, 4.69) is 20.4 Å². The molecule has 23 heavy (non-hydrogen) atoms. The molecule has 0 fully saturated rings. The van der Waals surface area contributed by atoms with E-state index in [1.54, 1.807) is 12.3 Å². The van der Waals surface area contributed by atoms with Crippen LogP contribution in [-0.2, 0) is 4.79 Å². The summed E-state index contributed by atoms with van der Waals surface area (Å²) in [6.07, 6.45) is 2.59. The third-order valence-corrected chi connectivity index (χ3v) is 3.42. The number of aryl methyl sites for hydroxylation is 1. The predicted molar refractivity (Wildman–Crippen MR) is 83.1 cm³/mol. The van der Waals surface area contributed by atoms with E-state index in [-0.39, 0.29) is 11.2 Å². The van der Waals surface area contributed by atoms with Crippen molar-refractivity contribution in [3.63, 3.8) is 0 Å². The van der Waals surface area contributed by atoms with Gasteiger partial charge in [-0.15, -0.1) is 5.10 Å². The summed E-state index contributed by atoms with van der Waals surface area (Å²) >= 11 is 0. The lowest BCUT2D eigenvalue weighted by Crippen LogP contribution is -2.41. The van der Waals surface area contributed by atoms with Gasteiger partial charge in [0.1, 0.15) is 6.04 Å². The Bertz CT molecular complexity index is 732. The number of hydrogen-bond acceptors (Lipinski definition) is 5. The van der Waals surface area contributed by atoms with Crippen molar-refractivity contribution in [2.75, 3.05) is 0 Å². The van der Waals surface area contributed by atoms with Crippen molar-refractivity contribution in [2.24, 2.45) is 5.41 Å². The Morgan fingerprint density at radius 2 is 2.09 bits per heavy atom. The Hall–Kier alpha value is -2.51. The van der Waals surface area contributed by atoms with E-state index < -0.39 is 17.9 Å². The van der Waals surface area contributed by atoms with Gasteiger partial charge in [-0.25, -0.2) is 14.3 Å². The second kappa shape index (κ2) is 6.31. The normalized spacial score (nSPS) is 13.0. The lowest BCUT2D eigenvalue weighted by Gasteiger charge is -2.21. The van der Waals surface area contributed by atoms with Gasteiger partial charge in [0, 0.05) is 11.9 Å². The molecule has 1 unspecified atom stereocenters. The van der Waals surface area contributed by atoms with Crippen LogP contribution in [0.1, 0.15) is 49.9 Å². The van der Waals surface area contributed by atoms with Crippen LogP contribution < -0.4 is 5.32 Å². The first-order chi connectivity index (χ1) is 10.7. The maximum absolute atomic E-state index is 12.2. The molecule has 2 heterocycles. The van der Waals surface area contributed by atoms with Crippen molar-refractivity contribution in [1.82, 2.24) is 24.9 Å². The zero-order valence-corrected chi connectivity index (χ0v) is 13.7. The molecule has 8 nitrogen and oxygen atoms in total. The second-order valence-corrected chi connectivity index (χ2v) is 6.70. The molecule has 0 saturated carbocycles. The number of nitrogens with one attached hydrogen (secondary N) is 1. The minimum atomic E-state index is -1.07. The molecule has 0 aliphatic carbocycles. The van der Waals surface area contributed by atoms with Crippen LogP contribution in [0.25, 0.3) is 5.78 Å². The van der Waals surface area contributed by atoms with Gasteiger partial charge >= 0.3 is 5.97 Å². The third-order valence-electron chi connectivity index (χ3n) is 3.42. The number of aromatic nitrogens is 4. The van der Waals surface area contributed by atoms with E-state index in [1.807, 2.05) is 27.7 Å². The average Bonchev–Trinajstić information content (AvgIpc) is 2.87. The Balaban J connectivity index is 2.14. The van der Waals surface area contributed by atoms with Gasteiger partial charge in [0.2, 0.25) is 5.82 Å². The van der Waals surface area contributed by atoms with Crippen molar-refractivity contribution >= 4 is 17.7 Å². The zero-order chi connectivity index (χ0) is 17.2. The van der Waals surface area contributed by atoms with Gasteiger partial charge in [0.25, 0.3) is 11.7 Å². The fourth-order valence-corrected chi connectivity index (χ4v) is 2.06. The van der Waals surface area contributed by atoms with Crippen LogP contribution in [0, 0.1) is 12.3 Å². The van der Waals surface area contributed by atoms with Crippen molar-refractivity contribution < 1.29 is 14.7 Å². The SMILES string of the molecule is Cc1ccnc2nc(C(=O)NC(CCC(C)(C)C)C(=O)O)nn12. The second-order valence-electron chi connectivity index (χ2n) is 6.70. The standard InChI is InChI=1S/C15H21N5O3/c1-9-6-8-16-14-18-11(19-20(9)14)12(21)17-10(13(22)23)5-7-15(2,3)4/h6,8,10H,5,7H2,1-4H3,(H,17,21)(H,22,23). The maximum Gasteiger partial charge on any atom is 0.326 e. The van der Waals surface area contributed by atoms with Crippen molar-refractivity contribution in [2.45, 2.75) is 46.6 Å². The number of nitrogens with zero attached hydrogens (tertiary/aromatic N) is 4. The first kappa shape index (κ1) is 16.9. The number of carbonyl (C=O) groups is 2. The highest BCUT2D eigenvalue weighted by Crippen LogP contribution is 2.21. The molecular formula is C15H21N5O3. The zero-order valence-electron chi connectivity index (χ0n) is 13.7. The van der Waals surface area contributed by atoms with E-state index in [1.165, 1.54) is 4.52 Å². The van der Waals surface area contributed by atoms with Gasteiger partial charge in [-0.05, 0) is 31.2 Å². The summed E-state index contributed by atoms with van der Waals surface area (Å²) in [5.41, 5.74) is 0.768. The lowest BCUT2D eigenvalue weighted by atomic mass is 9.88. The summed E-state index contributed by atoms with van der Waals surface area (Å²) in [5.74, 6) is -1.47. The summed E-state index contributed by atoms with van der Waals surface area (Å²) in [6, 6.07) is 0.773. The quantitative estimate of drug-likeness (QED) is 0.863. The summed E-state index contributed by atoms with van der Waals surface area (Å²) in [5, 5.41) is 15.8. The van der Waals surface area contributed by atoms with E-state index >= 15 is 0 Å². The van der Waals surface area contributed by atoms with Crippen LogP contribution in [0.3, 0.4) is 0 Å². The summed E-state index contributed by atoms with van der Waals surface area (Å²) in [7, 11) is 0. The van der Waals surface area contributed by atoms with Crippen LogP contribution in [0.4, 0.5) is 0 Å². The fourth-order valence-electron chi connectivity index (χ4n) is 2.06. The lowest BCUT2D eigenvalue weighted by molar-refractivity contribution is -0.139. The molecule has 2 aromatic heterocycles. The average molecular weight is 319 g/mol. The van der Waals surface area contributed by atoms with Gasteiger partial charge < -0.3 is 10.4 Å². The topological polar surface area (TPSA) is 109 Å². The van der Waals surface area contributed by atoms with Gasteiger partial charge in [0.05, 0.1) is 0 Å². The highest BCUT2D eigenvalue weighted by molar-refractivity contribution is 5.93. The molecule has 1 amide bonds. The molecule has 0 bridgehead atoms. The molecule has 0 radical (unpaired) electrons. The molecule has 2 N–H and O–H groups in total. The number of carboxylic acids is 1. The molecule has 0 aliphatic rings. The molecule has 1 atom stereocenters. The third kappa shape index (κ3) is 4.24. The monoisotopic (exact) mass is 319 g/mol. The minimum absolute atomic E-state index is 0.0131. The summed E-state index contributed by atoms with van der Waals surface area (Å²) < 4.78 is 1.44. The van der Waals surface area contributed by atoms with Crippen LogP contribution >= 0.6 is 0 Å². The van der Waals surface area contributed by atoms with E-state index in [0.29, 0.717) is 18.6 Å². The smallest absolute Gasteiger partial charge is 0.326 e. The summed E-state index contributed by atoms with van der Waals surface area (Å²) in [4.78, 5) is 31.6. The fraction of sp³-hybridized carbons (Fsp3) is 0.533. The highest BCUT2D eigenvalue weighted by atomic mass is 16.4. The van der Waals surface area contributed by atoms with Crippen LogP contribution in [-0.4, -0.2) is 42.6 Å².